The highest BCUT2D eigenvalue weighted by Crippen LogP contribution is 2.34. The number of imide groups is 1. The Morgan fingerprint density at radius 2 is 1.71 bits per heavy atom. The van der Waals surface area contributed by atoms with Gasteiger partial charge >= 0.3 is 0 Å². The van der Waals surface area contributed by atoms with Crippen LogP contribution in [0.15, 0.2) is 77.7 Å². The van der Waals surface area contributed by atoms with Crippen molar-refractivity contribution in [1.29, 1.82) is 0 Å². The van der Waals surface area contributed by atoms with Crippen LogP contribution in [0, 0.1) is 13.8 Å². The van der Waals surface area contributed by atoms with E-state index in [2.05, 4.69) is 40.2 Å². The molecule has 38 heavy (non-hydrogen) atoms. The number of amides is 3. The number of thioether (sulfide) groups is 1. The molecule has 1 saturated heterocycles. The third-order valence-electron chi connectivity index (χ3n) is 6.37. The number of fused-ring (bicyclic) bond motifs is 1. The summed E-state index contributed by atoms with van der Waals surface area (Å²) in [7, 11) is 0. The van der Waals surface area contributed by atoms with Crippen molar-refractivity contribution in [2.75, 3.05) is 18.5 Å². The zero-order valence-corrected chi connectivity index (χ0v) is 22.2. The van der Waals surface area contributed by atoms with Gasteiger partial charge < -0.3 is 14.6 Å². The molecule has 0 unspecified atom stereocenters. The topological polar surface area (TPSA) is 80.6 Å². The largest absolute Gasteiger partial charge is 0.494 e. The van der Waals surface area contributed by atoms with Crippen molar-refractivity contribution >= 4 is 51.4 Å². The highest BCUT2D eigenvalue weighted by molar-refractivity contribution is 8.18. The van der Waals surface area contributed by atoms with Gasteiger partial charge in [-0.1, -0.05) is 30.3 Å². The van der Waals surface area contributed by atoms with E-state index in [1.165, 1.54) is 5.39 Å². The smallest absolute Gasteiger partial charge is 0.294 e. The van der Waals surface area contributed by atoms with E-state index >= 15 is 0 Å². The third-order valence-corrected chi connectivity index (χ3v) is 7.28. The standard InChI is InChI=1S/C30H27N3O4S/c1-4-37-26-13-10-24(11-14-26)31-28(34)18-32-29(35)27(38-30(32)36)17-23-15-19(2)33(20(23)3)25-12-9-21-7-5-6-8-22(21)16-25/h5-17H,4,18H2,1-3H3,(H,31,34)/b27-17+. The van der Waals surface area contributed by atoms with Crippen molar-refractivity contribution in [2.45, 2.75) is 20.8 Å². The number of benzene rings is 3. The van der Waals surface area contributed by atoms with Crippen LogP contribution < -0.4 is 10.1 Å². The molecule has 0 atom stereocenters. The van der Waals surface area contributed by atoms with Gasteiger partial charge in [-0.15, -0.1) is 0 Å². The second kappa shape index (κ2) is 10.6. The normalized spacial score (nSPS) is 14.5. The van der Waals surface area contributed by atoms with Gasteiger partial charge in [-0.2, -0.15) is 0 Å². The number of ether oxygens (including phenoxy) is 1. The van der Waals surface area contributed by atoms with Crippen LogP contribution in [0.25, 0.3) is 22.5 Å². The zero-order valence-electron chi connectivity index (χ0n) is 21.4. The van der Waals surface area contributed by atoms with E-state index in [4.69, 9.17) is 4.74 Å². The van der Waals surface area contributed by atoms with Crippen molar-refractivity contribution in [3.8, 4) is 11.4 Å². The van der Waals surface area contributed by atoms with Gasteiger partial charge in [0.25, 0.3) is 11.1 Å². The number of nitrogens with one attached hydrogen (secondary N) is 1. The van der Waals surface area contributed by atoms with Gasteiger partial charge in [-0.05, 0) is 97.4 Å². The molecule has 0 aliphatic carbocycles. The summed E-state index contributed by atoms with van der Waals surface area (Å²) in [5, 5.41) is 4.56. The molecule has 1 aromatic heterocycles. The molecular formula is C30H27N3O4S. The number of aryl methyl sites for hydroxylation is 1. The fourth-order valence-corrected chi connectivity index (χ4v) is 5.40. The van der Waals surface area contributed by atoms with Crippen molar-refractivity contribution in [3.05, 3.63) is 94.7 Å². The predicted octanol–water partition coefficient (Wildman–Crippen LogP) is 6.32. The second-order valence-electron chi connectivity index (χ2n) is 8.97. The van der Waals surface area contributed by atoms with Gasteiger partial charge in [-0.25, -0.2) is 0 Å². The SMILES string of the molecule is CCOc1ccc(NC(=O)CN2C(=O)S/C(=C/c3cc(C)n(-c4ccc5ccccc5c4)c3C)C2=O)cc1. The van der Waals surface area contributed by atoms with Crippen molar-refractivity contribution in [3.63, 3.8) is 0 Å². The monoisotopic (exact) mass is 525 g/mol. The Morgan fingerprint density at radius 1 is 0.974 bits per heavy atom. The van der Waals surface area contributed by atoms with Crippen LogP contribution in [0.2, 0.25) is 0 Å². The number of carbonyl (C=O) groups excluding carboxylic acids is 3. The molecule has 7 nitrogen and oxygen atoms in total. The number of carbonyl (C=O) groups is 3. The summed E-state index contributed by atoms with van der Waals surface area (Å²) >= 11 is 0.847. The average Bonchev–Trinajstić information content (AvgIpc) is 3.33. The van der Waals surface area contributed by atoms with E-state index in [1.54, 1.807) is 30.3 Å². The first-order valence-electron chi connectivity index (χ1n) is 12.3. The molecule has 3 aromatic carbocycles. The third kappa shape index (κ3) is 5.08. The summed E-state index contributed by atoms with van der Waals surface area (Å²) in [6.45, 7) is 6.08. The Hall–Kier alpha value is -4.30. The van der Waals surface area contributed by atoms with Gasteiger partial charge in [0.05, 0.1) is 11.5 Å². The molecule has 8 heteroatoms. The van der Waals surface area contributed by atoms with Crippen molar-refractivity contribution in [2.24, 2.45) is 0 Å². The van der Waals surface area contributed by atoms with E-state index < -0.39 is 17.1 Å². The van der Waals surface area contributed by atoms with E-state index in [-0.39, 0.29) is 6.54 Å². The number of aromatic nitrogens is 1. The Kier molecular flexibility index (Phi) is 7.07. The van der Waals surface area contributed by atoms with E-state index in [0.29, 0.717) is 22.9 Å². The average molecular weight is 526 g/mol. The first-order chi connectivity index (χ1) is 18.3. The van der Waals surface area contributed by atoms with E-state index in [0.717, 1.165) is 44.7 Å². The molecule has 1 fully saturated rings. The minimum Gasteiger partial charge on any atom is -0.494 e. The molecule has 5 rings (SSSR count). The molecule has 4 aromatic rings. The van der Waals surface area contributed by atoms with Gasteiger partial charge in [0, 0.05) is 22.8 Å². The fraction of sp³-hybridized carbons (Fsp3) is 0.167. The van der Waals surface area contributed by atoms with Crippen molar-refractivity contribution < 1.29 is 19.1 Å². The fourth-order valence-electron chi connectivity index (χ4n) is 4.57. The molecule has 3 amide bonds. The summed E-state index contributed by atoms with van der Waals surface area (Å²) in [5.74, 6) is -0.230. The zero-order chi connectivity index (χ0) is 26.8. The summed E-state index contributed by atoms with van der Waals surface area (Å²) < 4.78 is 7.53. The van der Waals surface area contributed by atoms with E-state index in [9.17, 15) is 14.4 Å². The minimum absolute atomic E-state index is 0.294. The molecule has 0 radical (unpaired) electrons. The van der Waals surface area contributed by atoms with Crippen LogP contribution >= 0.6 is 11.8 Å². The van der Waals surface area contributed by atoms with Crippen LogP contribution in [-0.2, 0) is 9.59 Å². The minimum atomic E-state index is -0.475. The summed E-state index contributed by atoms with van der Waals surface area (Å²) in [6.07, 6.45) is 1.73. The number of hydrogen-bond donors (Lipinski definition) is 1. The van der Waals surface area contributed by atoms with Gasteiger partial charge in [-0.3, -0.25) is 19.3 Å². The Balaban J connectivity index is 1.32. The maximum absolute atomic E-state index is 13.1. The molecular weight excluding hydrogens is 498 g/mol. The number of rotatable bonds is 7. The molecule has 192 valence electrons. The Morgan fingerprint density at radius 3 is 2.45 bits per heavy atom. The molecule has 0 bridgehead atoms. The maximum Gasteiger partial charge on any atom is 0.294 e. The first-order valence-corrected chi connectivity index (χ1v) is 13.1. The lowest BCUT2D eigenvalue weighted by Crippen LogP contribution is -2.36. The first kappa shape index (κ1) is 25.4. The van der Waals surface area contributed by atoms with Gasteiger partial charge in [0.15, 0.2) is 0 Å². The predicted molar refractivity (Wildman–Crippen MR) is 152 cm³/mol. The molecule has 2 heterocycles. The van der Waals surface area contributed by atoms with Crippen LogP contribution in [-0.4, -0.2) is 39.7 Å². The molecule has 1 N–H and O–H groups in total. The maximum atomic E-state index is 13.1. The molecule has 1 aliphatic rings. The lowest BCUT2D eigenvalue weighted by atomic mass is 10.1. The summed E-state index contributed by atoms with van der Waals surface area (Å²) in [5.41, 5.74) is 4.40. The van der Waals surface area contributed by atoms with Crippen molar-refractivity contribution in [1.82, 2.24) is 9.47 Å². The lowest BCUT2D eigenvalue weighted by molar-refractivity contribution is -0.127. The van der Waals surface area contributed by atoms with Gasteiger partial charge in [0.2, 0.25) is 5.91 Å². The summed E-state index contributed by atoms with van der Waals surface area (Å²) in [4.78, 5) is 39.5. The quantitative estimate of drug-likeness (QED) is 0.286. The summed E-state index contributed by atoms with van der Waals surface area (Å²) in [6, 6.07) is 23.4. The van der Waals surface area contributed by atoms with Gasteiger partial charge in [0.1, 0.15) is 12.3 Å². The second-order valence-corrected chi connectivity index (χ2v) is 9.96. The van der Waals surface area contributed by atoms with Crippen LogP contribution in [0.4, 0.5) is 10.5 Å². The van der Waals surface area contributed by atoms with Crippen LogP contribution in [0.3, 0.4) is 0 Å². The van der Waals surface area contributed by atoms with E-state index in [1.807, 2.05) is 39.0 Å². The molecule has 0 saturated carbocycles. The lowest BCUT2D eigenvalue weighted by Gasteiger charge is -2.13. The molecule has 0 spiro atoms. The highest BCUT2D eigenvalue weighted by atomic mass is 32.2. The number of anilines is 1. The van der Waals surface area contributed by atoms with Crippen LogP contribution in [0.1, 0.15) is 23.9 Å². The highest BCUT2D eigenvalue weighted by Gasteiger charge is 2.36. The number of hydrogen-bond acceptors (Lipinski definition) is 5. The Bertz CT molecular complexity index is 1590. The van der Waals surface area contributed by atoms with Crippen LogP contribution in [0.5, 0.6) is 5.75 Å². The Labute approximate surface area is 225 Å². The molecule has 1 aliphatic heterocycles. The number of nitrogens with zero attached hydrogens (tertiary/aromatic N) is 2.